The van der Waals surface area contributed by atoms with E-state index in [1.807, 2.05) is 6.08 Å². The third kappa shape index (κ3) is 8.10. The molecule has 3 fully saturated rings. The summed E-state index contributed by atoms with van der Waals surface area (Å²) in [4.78, 5) is 0. The molecule has 2 unspecified atom stereocenters. The first-order valence-corrected chi connectivity index (χ1v) is 14.6. The minimum Gasteiger partial charge on any atom is -0.393 e. The first-order chi connectivity index (χ1) is 18.8. The number of aliphatic hydroxyl groups is 4. The summed E-state index contributed by atoms with van der Waals surface area (Å²) in [5.41, 5.74) is -4.05. The van der Waals surface area contributed by atoms with Crippen molar-refractivity contribution in [2.75, 3.05) is 0 Å². The van der Waals surface area contributed by atoms with Gasteiger partial charge in [-0.1, -0.05) is 42.6 Å². The molecule has 234 valence electrons. The molecule has 0 aromatic carbocycles. The zero-order valence-corrected chi connectivity index (χ0v) is 24.1. The Balaban J connectivity index is 1.87. The lowest BCUT2D eigenvalue weighted by molar-refractivity contribution is -0.343. The summed E-state index contributed by atoms with van der Waals surface area (Å²) in [6.07, 6.45) is -2.19. The van der Waals surface area contributed by atoms with E-state index in [1.165, 1.54) is 5.57 Å². The topological polar surface area (TPSA) is 80.9 Å². The van der Waals surface area contributed by atoms with Crippen molar-refractivity contribution in [2.45, 2.75) is 134 Å². The summed E-state index contributed by atoms with van der Waals surface area (Å²) in [5, 5.41) is 39.7. The molecule has 0 radical (unpaired) electrons. The van der Waals surface area contributed by atoms with E-state index in [2.05, 4.69) is 18.9 Å². The van der Waals surface area contributed by atoms with Crippen molar-refractivity contribution < 1.29 is 46.8 Å². The second-order valence-corrected chi connectivity index (χ2v) is 13.3. The molecule has 0 spiro atoms. The van der Waals surface area contributed by atoms with Crippen LogP contribution < -0.4 is 0 Å². The summed E-state index contributed by atoms with van der Waals surface area (Å²) in [5.74, 6) is 3.13. The summed E-state index contributed by atoms with van der Waals surface area (Å²) in [7, 11) is 0. The number of aliphatic hydroxyl groups excluding tert-OH is 2. The van der Waals surface area contributed by atoms with Crippen LogP contribution in [0.15, 0.2) is 23.3 Å². The fourth-order valence-electron chi connectivity index (χ4n) is 7.44. The second kappa shape index (κ2) is 12.6. The van der Waals surface area contributed by atoms with Gasteiger partial charge in [0.25, 0.3) is 0 Å². The van der Waals surface area contributed by atoms with Crippen molar-refractivity contribution in [3.8, 4) is 11.8 Å². The van der Waals surface area contributed by atoms with Crippen molar-refractivity contribution in [2.24, 2.45) is 23.2 Å². The van der Waals surface area contributed by atoms with Crippen molar-refractivity contribution >= 4 is 0 Å². The lowest BCUT2D eigenvalue weighted by Gasteiger charge is -2.45. The Morgan fingerprint density at radius 2 is 1.59 bits per heavy atom. The Labute approximate surface area is 238 Å². The molecule has 0 aromatic rings. The van der Waals surface area contributed by atoms with Gasteiger partial charge in [-0.2, -0.15) is 26.3 Å². The van der Waals surface area contributed by atoms with Gasteiger partial charge in [0, 0.05) is 6.42 Å². The van der Waals surface area contributed by atoms with Crippen LogP contribution in [0, 0.1) is 35.0 Å². The number of hydrogen-bond acceptors (Lipinski definition) is 4. The molecule has 3 aliphatic carbocycles. The second-order valence-electron chi connectivity index (χ2n) is 13.3. The van der Waals surface area contributed by atoms with Crippen LogP contribution >= 0.6 is 0 Å². The van der Waals surface area contributed by atoms with Gasteiger partial charge in [0.2, 0.25) is 0 Å². The SMILES string of the molecule is CC(C)(O)CCC[C@@H](CC#CC(O)(C(F)(F)F)C(F)(F)F)[C@H]1CCC2C(=CC=C3CC(O)C[C@H](O)C3)CCC[C@@]21C. The van der Waals surface area contributed by atoms with E-state index >= 15 is 0 Å². The third-order valence-electron chi connectivity index (χ3n) is 9.50. The van der Waals surface area contributed by atoms with Gasteiger partial charge in [-0.3, -0.25) is 0 Å². The highest BCUT2D eigenvalue weighted by molar-refractivity contribution is 5.27. The number of alkyl halides is 6. The molecule has 0 aliphatic heterocycles. The van der Waals surface area contributed by atoms with E-state index in [9.17, 15) is 46.8 Å². The quantitative estimate of drug-likeness (QED) is 0.194. The number of allylic oxidation sites excluding steroid dienone is 3. The Bertz CT molecular complexity index is 1000. The molecule has 3 saturated carbocycles. The smallest absolute Gasteiger partial charge is 0.393 e. The van der Waals surface area contributed by atoms with Crippen LogP contribution in [-0.4, -0.2) is 56.2 Å². The van der Waals surface area contributed by atoms with Crippen LogP contribution in [0.5, 0.6) is 0 Å². The van der Waals surface area contributed by atoms with Gasteiger partial charge in [0.15, 0.2) is 0 Å². The van der Waals surface area contributed by atoms with Crippen molar-refractivity contribution in [3.05, 3.63) is 23.3 Å². The van der Waals surface area contributed by atoms with E-state index in [4.69, 9.17) is 0 Å². The zero-order valence-electron chi connectivity index (χ0n) is 24.1. The fourth-order valence-corrected chi connectivity index (χ4v) is 7.44. The normalized spacial score (nSPS) is 32.5. The van der Waals surface area contributed by atoms with E-state index in [1.54, 1.807) is 13.8 Å². The van der Waals surface area contributed by atoms with Gasteiger partial charge in [-0.15, -0.1) is 0 Å². The van der Waals surface area contributed by atoms with Gasteiger partial charge in [-0.25, -0.2) is 0 Å². The molecule has 3 rings (SSSR count). The highest BCUT2D eigenvalue weighted by Crippen LogP contribution is 2.60. The van der Waals surface area contributed by atoms with E-state index in [-0.39, 0.29) is 29.6 Å². The van der Waals surface area contributed by atoms with Crippen molar-refractivity contribution in [1.29, 1.82) is 0 Å². The Morgan fingerprint density at radius 1 is 0.976 bits per heavy atom. The molecule has 4 nitrogen and oxygen atoms in total. The minimum absolute atomic E-state index is 0.00292. The minimum atomic E-state index is -5.99. The van der Waals surface area contributed by atoms with Crippen LogP contribution in [0.3, 0.4) is 0 Å². The Kier molecular flexibility index (Phi) is 10.4. The maximum atomic E-state index is 13.2. The van der Waals surface area contributed by atoms with E-state index in [0.717, 1.165) is 43.6 Å². The molecular weight excluding hydrogens is 550 g/mol. The summed E-state index contributed by atoms with van der Waals surface area (Å²) >= 11 is 0. The molecule has 0 aromatic heterocycles. The van der Waals surface area contributed by atoms with Crippen LogP contribution in [0.25, 0.3) is 0 Å². The number of fused-ring (bicyclic) bond motifs is 1. The fraction of sp³-hybridized carbons (Fsp3) is 0.806. The lowest BCUT2D eigenvalue weighted by Crippen LogP contribution is -2.55. The number of rotatable bonds is 7. The maximum Gasteiger partial charge on any atom is 0.438 e. The molecule has 0 amide bonds. The molecule has 6 atom stereocenters. The third-order valence-corrected chi connectivity index (χ3v) is 9.50. The predicted molar refractivity (Wildman–Crippen MR) is 143 cm³/mol. The predicted octanol–water partition coefficient (Wildman–Crippen LogP) is 6.77. The first kappa shape index (κ1) is 34.0. The Morgan fingerprint density at radius 3 is 2.15 bits per heavy atom. The van der Waals surface area contributed by atoms with Crippen molar-refractivity contribution in [3.63, 3.8) is 0 Å². The van der Waals surface area contributed by atoms with Gasteiger partial charge < -0.3 is 20.4 Å². The number of hydrogen-bond donors (Lipinski definition) is 4. The van der Waals surface area contributed by atoms with Gasteiger partial charge in [-0.05, 0) is 107 Å². The van der Waals surface area contributed by atoms with Crippen molar-refractivity contribution in [1.82, 2.24) is 0 Å². The van der Waals surface area contributed by atoms with Crippen LogP contribution in [-0.2, 0) is 0 Å². The van der Waals surface area contributed by atoms with Gasteiger partial charge >= 0.3 is 18.0 Å². The summed E-state index contributed by atoms with van der Waals surface area (Å²) in [6.45, 7) is 5.46. The monoisotopic (exact) mass is 594 g/mol. The standard InChI is InChI=1S/C31H44F6O4/c1-27(2,40)14-4-7-21(9-6-16-29(41,30(32,33)34)31(35,36)37)25-12-13-26-22(8-5-15-28(25,26)3)11-10-20-17-23(38)19-24(39)18-20/h10-11,21,23-26,38-41H,4-5,7-9,12-15,17-19H2,1-3H3/t21-,23+,24?,25+,26?,28+/m0/s1. The average molecular weight is 595 g/mol. The molecule has 0 saturated heterocycles. The highest BCUT2D eigenvalue weighted by atomic mass is 19.4. The first-order valence-electron chi connectivity index (χ1n) is 14.6. The van der Waals surface area contributed by atoms with Crippen LogP contribution in [0.4, 0.5) is 26.3 Å². The molecule has 0 bridgehead atoms. The Hall–Kier alpha value is -1.54. The number of halogens is 6. The largest absolute Gasteiger partial charge is 0.438 e. The molecular formula is C31H44F6O4. The highest BCUT2D eigenvalue weighted by Gasteiger charge is 2.70. The lowest BCUT2D eigenvalue weighted by atomic mass is 9.60. The molecule has 41 heavy (non-hydrogen) atoms. The summed E-state index contributed by atoms with van der Waals surface area (Å²) in [6, 6.07) is 0. The summed E-state index contributed by atoms with van der Waals surface area (Å²) < 4.78 is 79.2. The molecule has 0 heterocycles. The van der Waals surface area contributed by atoms with Gasteiger partial charge in [0.1, 0.15) is 0 Å². The van der Waals surface area contributed by atoms with E-state index in [0.29, 0.717) is 38.5 Å². The molecule has 4 N–H and O–H groups in total. The molecule has 10 heteroatoms. The van der Waals surface area contributed by atoms with Gasteiger partial charge in [0.05, 0.1) is 17.8 Å². The molecule has 3 aliphatic rings. The van der Waals surface area contributed by atoms with E-state index < -0.39 is 35.8 Å². The van der Waals surface area contributed by atoms with Crippen LogP contribution in [0.2, 0.25) is 0 Å². The van der Waals surface area contributed by atoms with Crippen LogP contribution in [0.1, 0.15) is 97.8 Å². The maximum absolute atomic E-state index is 13.2. The zero-order chi connectivity index (χ0) is 30.9. The average Bonchev–Trinajstić information content (AvgIpc) is 3.16.